The van der Waals surface area contributed by atoms with Crippen LogP contribution in [0, 0.1) is 5.82 Å². The molecule has 0 saturated carbocycles. The molecule has 0 spiro atoms. The summed E-state index contributed by atoms with van der Waals surface area (Å²) in [5.74, 6) is -0.903. The normalized spacial score (nSPS) is 11.0. The van der Waals surface area contributed by atoms with Gasteiger partial charge in [-0.2, -0.15) is 0 Å². The zero-order valence-electron chi connectivity index (χ0n) is 7.17. The number of hydrogen-bond donors (Lipinski definition) is 2. The summed E-state index contributed by atoms with van der Waals surface area (Å²) < 4.78 is 37.8. The Bertz CT molecular complexity index is 331. The van der Waals surface area contributed by atoms with Crippen LogP contribution >= 0.6 is 0 Å². The van der Waals surface area contributed by atoms with E-state index in [4.69, 9.17) is 10.8 Å². The highest BCUT2D eigenvalue weighted by atomic mass is 19.3. The van der Waals surface area contributed by atoms with E-state index in [1.165, 1.54) is 0 Å². The molecule has 3 nitrogen and oxygen atoms in total. The van der Waals surface area contributed by atoms with E-state index in [1.807, 2.05) is 0 Å². The minimum atomic E-state index is -2.90. The van der Waals surface area contributed by atoms with Gasteiger partial charge in [0.25, 0.3) is 6.43 Å². The number of nitrogens with zero attached hydrogens (tertiary/aromatic N) is 1. The van der Waals surface area contributed by atoms with Gasteiger partial charge in [0.05, 0.1) is 6.61 Å². The van der Waals surface area contributed by atoms with E-state index in [1.54, 1.807) is 0 Å². The highest BCUT2D eigenvalue weighted by Crippen LogP contribution is 2.24. The first-order valence-electron chi connectivity index (χ1n) is 3.87. The molecule has 0 atom stereocenters. The first-order chi connectivity index (χ1) is 6.61. The summed E-state index contributed by atoms with van der Waals surface area (Å²) in [5, 5.41) is 8.71. The zero-order chi connectivity index (χ0) is 10.7. The van der Waals surface area contributed by atoms with E-state index in [0.717, 1.165) is 6.20 Å². The number of nitrogens with two attached hydrogens (primary N) is 1. The predicted octanol–water partition coefficient (Wildman–Crippen LogP) is 1.11. The molecule has 3 N–H and O–H groups in total. The van der Waals surface area contributed by atoms with Gasteiger partial charge < -0.3 is 10.8 Å². The molecule has 14 heavy (non-hydrogen) atoms. The molecule has 0 unspecified atom stereocenters. The Hall–Kier alpha value is -1.14. The lowest BCUT2D eigenvalue weighted by atomic mass is 10.1. The summed E-state index contributed by atoms with van der Waals surface area (Å²) in [6.45, 7) is -0.957. The van der Waals surface area contributed by atoms with Gasteiger partial charge in [-0.25, -0.2) is 13.2 Å². The van der Waals surface area contributed by atoms with Crippen LogP contribution in [0.25, 0.3) is 0 Å². The van der Waals surface area contributed by atoms with Crippen LogP contribution in [0.3, 0.4) is 0 Å². The standard InChI is InChI=1S/C8H9F3N2O/c9-6-4(1-12)2-13-7(8(10)11)5(6)3-14/h2,8,14H,1,3,12H2. The molecule has 0 bridgehead atoms. The first-order valence-corrected chi connectivity index (χ1v) is 3.87. The van der Waals surface area contributed by atoms with E-state index in [0.29, 0.717) is 0 Å². The predicted molar refractivity (Wildman–Crippen MR) is 43.0 cm³/mol. The lowest BCUT2D eigenvalue weighted by Gasteiger charge is -2.09. The van der Waals surface area contributed by atoms with Gasteiger partial charge in [0, 0.05) is 23.9 Å². The topological polar surface area (TPSA) is 59.1 Å². The summed E-state index contributed by atoms with van der Waals surface area (Å²) in [6, 6.07) is 0. The fraction of sp³-hybridized carbons (Fsp3) is 0.375. The maximum atomic E-state index is 13.3. The Morgan fingerprint density at radius 3 is 2.57 bits per heavy atom. The third-order valence-electron chi connectivity index (χ3n) is 1.80. The fourth-order valence-electron chi connectivity index (χ4n) is 1.07. The molecular weight excluding hydrogens is 197 g/mol. The number of pyridine rings is 1. The van der Waals surface area contributed by atoms with E-state index < -0.39 is 30.1 Å². The molecule has 0 amide bonds. The third-order valence-corrected chi connectivity index (χ3v) is 1.80. The minimum absolute atomic E-state index is 0.0125. The van der Waals surface area contributed by atoms with Gasteiger partial charge in [-0.1, -0.05) is 0 Å². The van der Waals surface area contributed by atoms with Crippen molar-refractivity contribution >= 4 is 0 Å². The average molecular weight is 206 g/mol. The Balaban J connectivity index is 3.28. The lowest BCUT2D eigenvalue weighted by molar-refractivity contribution is 0.140. The van der Waals surface area contributed by atoms with Crippen molar-refractivity contribution in [2.75, 3.05) is 0 Å². The number of halogens is 3. The first kappa shape index (κ1) is 10.9. The van der Waals surface area contributed by atoms with Gasteiger partial charge in [0.2, 0.25) is 0 Å². The van der Waals surface area contributed by atoms with Crippen molar-refractivity contribution in [1.82, 2.24) is 4.98 Å². The van der Waals surface area contributed by atoms with Crippen LogP contribution in [0.4, 0.5) is 13.2 Å². The van der Waals surface area contributed by atoms with Gasteiger partial charge in [0.15, 0.2) is 0 Å². The van der Waals surface area contributed by atoms with E-state index in [2.05, 4.69) is 4.98 Å². The Labute approximate surface area is 78.4 Å². The SMILES string of the molecule is NCc1cnc(C(F)F)c(CO)c1F. The molecule has 0 aromatic carbocycles. The van der Waals surface area contributed by atoms with Crippen LogP contribution < -0.4 is 5.73 Å². The molecule has 1 aromatic rings. The molecule has 0 aliphatic carbocycles. The minimum Gasteiger partial charge on any atom is -0.391 e. The molecule has 78 valence electrons. The monoisotopic (exact) mass is 206 g/mol. The quantitative estimate of drug-likeness (QED) is 0.778. The number of aliphatic hydroxyl groups is 1. The van der Waals surface area contributed by atoms with Crippen molar-refractivity contribution in [3.8, 4) is 0 Å². The average Bonchev–Trinajstić information content (AvgIpc) is 2.17. The molecule has 1 aromatic heterocycles. The number of aromatic nitrogens is 1. The molecule has 1 rings (SSSR count). The summed E-state index contributed by atoms with van der Waals surface area (Å²) in [4.78, 5) is 3.35. The van der Waals surface area contributed by atoms with Gasteiger partial charge in [-0.3, -0.25) is 4.98 Å². The second kappa shape index (κ2) is 4.39. The summed E-state index contributed by atoms with van der Waals surface area (Å²) in [6.07, 6.45) is -1.95. The number of alkyl halides is 2. The van der Waals surface area contributed by atoms with E-state index in [-0.39, 0.29) is 12.1 Å². The highest BCUT2D eigenvalue weighted by Gasteiger charge is 2.19. The summed E-state index contributed by atoms with van der Waals surface area (Å²) in [5.41, 5.74) is 3.95. The van der Waals surface area contributed by atoms with Crippen LogP contribution in [-0.2, 0) is 13.2 Å². The van der Waals surface area contributed by atoms with E-state index >= 15 is 0 Å². The van der Waals surface area contributed by atoms with Gasteiger partial charge in [-0.05, 0) is 0 Å². The third kappa shape index (κ3) is 1.85. The van der Waals surface area contributed by atoms with Crippen LogP contribution in [-0.4, -0.2) is 10.1 Å². The second-order valence-corrected chi connectivity index (χ2v) is 2.62. The highest BCUT2D eigenvalue weighted by molar-refractivity contribution is 5.27. The van der Waals surface area contributed by atoms with Crippen molar-refractivity contribution in [3.05, 3.63) is 28.8 Å². The second-order valence-electron chi connectivity index (χ2n) is 2.62. The van der Waals surface area contributed by atoms with Crippen molar-refractivity contribution in [2.45, 2.75) is 19.6 Å². The Kier molecular flexibility index (Phi) is 3.43. The Morgan fingerprint density at radius 1 is 1.50 bits per heavy atom. The molecule has 0 radical (unpaired) electrons. The lowest BCUT2D eigenvalue weighted by Crippen LogP contribution is -2.08. The Morgan fingerprint density at radius 2 is 2.14 bits per heavy atom. The van der Waals surface area contributed by atoms with E-state index in [9.17, 15) is 13.2 Å². The van der Waals surface area contributed by atoms with Gasteiger partial charge in [0.1, 0.15) is 11.5 Å². The number of rotatable bonds is 3. The van der Waals surface area contributed by atoms with Gasteiger partial charge >= 0.3 is 0 Å². The number of hydrogen-bond acceptors (Lipinski definition) is 3. The molecule has 0 aliphatic rings. The van der Waals surface area contributed by atoms with Crippen LogP contribution in [0.15, 0.2) is 6.20 Å². The molecule has 0 fully saturated rings. The summed E-state index contributed by atoms with van der Waals surface area (Å²) >= 11 is 0. The van der Waals surface area contributed by atoms with Crippen molar-refractivity contribution in [1.29, 1.82) is 0 Å². The van der Waals surface area contributed by atoms with Crippen molar-refractivity contribution in [2.24, 2.45) is 5.73 Å². The zero-order valence-corrected chi connectivity index (χ0v) is 7.17. The fourth-order valence-corrected chi connectivity index (χ4v) is 1.07. The molecule has 1 heterocycles. The number of aliphatic hydroxyl groups excluding tert-OH is 1. The van der Waals surface area contributed by atoms with Crippen molar-refractivity contribution < 1.29 is 18.3 Å². The van der Waals surface area contributed by atoms with Crippen molar-refractivity contribution in [3.63, 3.8) is 0 Å². The molecule has 0 saturated heterocycles. The summed E-state index contributed by atoms with van der Waals surface area (Å²) in [7, 11) is 0. The largest absolute Gasteiger partial charge is 0.391 e. The molecule has 0 aliphatic heterocycles. The maximum Gasteiger partial charge on any atom is 0.280 e. The smallest absolute Gasteiger partial charge is 0.280 e. The molecule has 6 heteroatoms. The van der Waals surface area contributed by atoms with Gasteiger partial charge in [-0.15, -0.1) is 0 Å². The maximum absolute atomic E-state index is 13.3. The van der Waals surface area contributed by atoms with Crippen LogP contribution in [0.2, 0.25) is 0 Å². The molecular formula is C8H9F3N2O. The van der Waals surface area contributed by atoms with Crippen LogP contribution in [0.5, 0.6) is 0 Å². The van der Waals surface area contributed by atoms with Crippen LogP contribution in [0.1, 0.15) is 23.2 Å².